The average molecular weight is 296 g/mol. The first kappa shape index (κ1) is 15.3. The molecule has 1 unspecified atom stereocenters. The minimum atomic E-state index is 0.576. The molecule has 1 aliphatic carbocycles. The second kappa shape index (κ2) is 7.13. The molecule has 22 heavy (non-hydrogen) atoms. The van der Waals surface area contributed by atoms with Gasteiger partial charge in [-0.3, -0.25) is 4.98 Å². The molecule has 1 aromatic rings. The number of fused-ring (bicyclic) bond motifs is 4. The third kappa shape index (κ3) is 3.43. The van der Waals surface area contributed by atoms with Crippen LogP contribution in [0.15, 0.2) is 41.2 Å². The number of nitrogens with one attached hydrogen (secondary N) is 1. The summed E-state index contributed by atoms with van der Waals surface area (Å²) < 4.78 is 0. The number of rotatable bonds is 6. The highest BCUT2D eigenvalue weighted by atomic mass is 14.9. The van der Waals surface area contributed by atoms with Crippen molar-refractivity contribution in [1.29, 1.82) is 0 Å². The second-order valence-corrected chi connectivity index (χ2v) is 6.53. The predicted octanol–water partition coefficient (Wildman–Crippen LogP) is 4.71. The topological polar surface area (TPSA) is 24.9 Å². The van der Waals surface area contributed by atoms with E-state index in [1.165, 1.54) is 55.5 Å². The molecule has 3 heterocycles. The zero-order valence-electron chi connectivity index (χ0n) is 14.0. The molecule has 1 saturated heterocycles. The van der Waals surface area contributed by atoms with Crippen LogP contribution in [-0.4, -0.2) is 11.0 Å². The van der Waals surface area contributed by atoms with Crippen molar-refractivity contribution >= 4 is 0 Å². The fourth-order valence-electron chi connectivity index (χ4n) is 3.78. The van der Waals surface area contributed by atoms with Gasteiger partial charge in [0.2, 0.25) is 0 Å². The highest BCUT2D eigenvalue weighted by Gasteiger charge is 2.24. The molecule has 3 aliphatic rings. The highest BCUT2D eigenvalue weighted by molar-refractivity contribution is 5.38. The molecule has 1 aromatic heterocycles. The summed E-state index contributed by atoms with van der Waals surface area (Å²) in [4.78, 5) is 4.52. The molecule has 118 valence electrons. The van der Waals surface area contributed by atoms with Crippen molar-refractivity contribution in [3.05, 3.63) is 52.5 Å². The van der Waals surface area contributed by atoms with Crippen molar-refractivity contribution in [2.75, 3.05) is 0 Å². The highest BCUT2D eigenvalue weighted by Crippen LogP contribution is 2.33. The van der Waals surface area contributed by atoms with E-state index in [4.69, 9.17) is 0 Å². The van der Waals surface area contributed by atoms with Crippen molar-refractivity contribution in [1.82, 2.24) is 10.3 Å². The second-order valence-electron chi connectivity index (χ2n) is 6.53. The Morgan fingerprint density at radius 3 is 2.95 bits per heavy atom. The first-order valence-electron chi connectivity index (χ1n) is 8.93. The van der Waals surface area contributed by atoms with E-state index in [1.807, 2.05) is 6.20 Å². The largest absolute Gasteiger partial charge is 0.382 e. The number of dihydropyridines is 1. The first-order chi connectivity index (χ1) is 10.8. The third-order valence-corrected chi connectivity index (χ3v) is 5.03. The van der Waals surface area contributed by atoms with Gasteiger partial charge in [-0.15, -0.1) is 0 Å². The van der Waals surface area contributed by atoms with E-state index in [1.54, 1.807) is 11.1 Å². The monoisotopic (exact) mass is 296 g/mol. The third-order valence-electron chi connectivity index (χ3n) is 5.03. The molecular weight excluding hydrogens is 268 g/mol. The van der Waals surface area contributed by atoms with E-state index in [-0.39, 0.29) is 0 Å². The van der Waals surface area contributed by atoms with Crippen LogP contribution in [0.2, 0.25) is 0 Å². The van der Waals surface area contributed by atoms with Gasteiger partial charge in [0.25, 0.3) is 0 Å². The molecule has 4 rings (SSSR count). The van der Waals surface area contributed by atoms with Gasteiger partial charge in [0.15, 0.2) is 0 Å². The lowest BCUT2D eigenvalue weighted by molar-refractivity contribution is 0.548. The summed E-state index contributed by atoms with van der Waals surface area (Å²) in [6, 6.07) is 4.97. The summed E-state index contributed by atoms with van der Waals surface area (Å²) in [7, 11) is 0. The summed E-state index contributed by atoms with van der Waals surface area (Å²) in [6.07, 6.45) is 14.0. The SMILES string of the molecule is CCC1=C2CCCC(=C1)NC2CCCc1cc(CC)ccn1. The van der Waals surface area contributed by atoms with Crippen LogP contribution in [0.5, 0.6) is 0 Å². The van der Waals surface area contributed by atoms with Gasteiger partial charge >= 0.3 is 0 Å². The Kier molecular flexibility index (Phi) is 4.97. The zero-order chi connectivity index (χ0) is 15.4. The summed E-state index contributed by atoms with van der Waals surface area (Å²) in [6.45, 7) is 4.50. The van der Waals surface area contributed by atoms with Crippen LogP contribution in [0.3, 0.4) is 0 Å². The summed E-state index contributed by atoms with van der Waals surface area (Å²) >= 11 is 0. The number of aryl methyl sites for hydroxylation is 2. The molecule has 0 saturated carbocycles. The number of hydrogen-bond donors (Lipinski definition) is 1. The molecule has 0 amide bonds. The fourth-order valence-corrected chi connectivity index (χ4v) is 3.78. The van der Waals surface area contributed by atoms with E-state index >= 15 is 0 Å². The van der Waals surface area contributed by atoms with Crippen LogP contribution < -0.4 is 5.32 Å². The molecule has 1 fully saturated rings. The molecular formula is C20H28N2. The molecule has 2 aliphatic heterocycles. The number of aromatic nitrogens is 1. The van der Waals surface area contributed by atoms with Crippen molar-refractivity contribution in [3.8, 4) is 0 Å². The van der Waals surface area contributed by atoms with Crippen LogP contribution in [-0.2, 0) is 12.8 Å². The Labute approximate surface area is 134 Å². The minimum absolute atomic E-state index is 0.576. The van der Waals surface area contributed by atoms with Crippen LogP contribution in [0.4, 0.5) is 0 Å². The Morgan fingerprint density at radius 1 is 1.23 bits per heavy atom. The van der Waals surface area contributed by atoms with Crippen molar-refractivity contribution in [2.24, 2.45) is 0 Å². The molecule has 0 spiro atoms. The van der Waals surface area contributed by atoms with Crippen molar-refractivity contribution < 1.29 is 0 Å². The molecule has 1 N–H and O–H groups in total. The number of allylic oxidation sites excluding steroid dienone is 3. The van der Waals surface area contributed by atoms with E-state index < -0.39 is 0 Å². The van der Waals surface area contributed by atoms with Gasteiger partial charge in [0.05, 0.1) is 0 Å². The normalized spacial score (nSPS) is 20.6. The summed E-state index contributed by atoms with van der Waals surface area (Å²) in [5, 5.41) is 3.77. The standard InChI is InChI=1S/C20H28N2/c1-3-15-11-12-21-17(13-15)7-6-10-20-19-9-5-8-18(22-20)14-16(19)4-2/h11-14,20,22H,3-10H2,1-2H3. The Bertz CT molecular complexity index is 583. The molecule has 2 nitrogen and oxygen atoms in total. The van der Waals surface area contributed by atoms with Gasteiger partial charge in [-0.05, 0) is 86.3 Å². The number of nitrogens with zero attached hydrogens (tertiary/aromatic N) is 1. The Morgan fingerprint density at radius 2 is 2.14 bits per heavy atom. The molecule has 2 bridgehead atoms. The minimum Gasteiger partial charge on any atom is -0.382 e. The summed E-state index contributed by atoms with van der Waals surface area (Å²) in [5.74, 6) is 0. The van der Waals surface area contributed by atoms with Crippen LogP contribution in [0.25, 0.3) is 0 Å². The van der Waals surface area contributed by atoms with E-state index in [2.05, 4.69) is 42.4 Å². The molecule has 0 radical (unpaired) electrons. The van der Waals surface area contributed by atoms with E-state index in [9.17, 15) is 0 Å². The van der Waals surface area contributed by atoms with Gasteiger partial charge in [-0.1, -0.05) is 13.8 Å². The lowest BCUT2D eigenvalue weighted by Crippen LogP contribution is -2.32. The zero-order valence-corrected chi connectivity index (χ0v) is 14.0. The van der Waals surface area contributed by atoms with Gasteiger partial charge in [0, 0.05) is 23.6 Å². The maximum atomic E-state index is 4.52. The lowest BCUT2D eigenvalue weighted by atomic mass is 9.90. The summed E-state index contributed by atoms with van der Waals surface area (Å²) in [5.41, 5.74) is 7.40. The van der Waals surface area contributed by atoms with Crippen molar-refractivity contribution in [3.63, 3.8) is 0 Å². The number of hydrogen-bond acceptors (Lipinski definition) is 2. The van der Waals surface area contributed by atoms with Gasteiger partial charge < -0.3 is 5.32 Å². The Balaban J connectivity index is 1.60. The fraction of sp³-hybridized carbons (Fsp3) is 0.550. The quantitative estimate of drug-likeness (QED) is 0.822. The van der Waals surface area contributed by atoms with Gasteiger partial charge in [0.1, 0.15) is 0 Å². The predicted molar refractivity (Wildman–Crippen MR) is 92.7 cm³/mol. The molecule has 2 heteroatoms. The van der Waals surface area contributed by atoms with E-state index in [0.29, 0.717) is 6.04 Å². The first-order valence-corrected chi connectivity index (χ1v) is 8.93. The Hall–Kier alpha value is -1.57. The van der Waals surface area contributed by atoms with Crippen molar-refractivity contribution in [2.45, 2.75) is 71.3 Å². The van der Waals surface area contributed by atoms with Gasteiger partial charge in [-0.2, -0.15) is 0 Å². The lowest BCUT2D eigenvalue weighted by Gasteiger charge is -2.27. The van der Waals surface area contributed by atoms with Crippen LogP contribution >= 0.6 is 0 Å². The maximum absolute atomic E-state index is 4.52. The molecule has 0 aromatic carbocycles. The maximum Gasteiger partial charge on any atom is 0.0476 e. The van der Waals surface area contributed by atoms with E-state index in [0.717, 1.165) is 12.8 Å². The molecule has 1 atom stereocenters. The van der Waals surface area contributed by atoms with Crippen LogP contribution in [0.1, 0.15) is 63.6 Å². The smallest absolute Gasteiger partial charge is 0.0476 e. The van der Waals surface area contributed by atoms with Gasteiger partial charge in [-0.25, -0.2) is 0 Å². The average Bonchev–Trinajstić information content (AvgIpc) is 2.88. The van der Waals surface area contributed by atoms with Crippen LogP contribution in [0, 0.1) is 0 Å². The number of pyridine rings is 1.